The Kier molecular flexibility index (Phi) is 3.87. The first-order chi connectivity index (χ1) is 6.92. The molecule has 4 heteroatoms. The monoisotopic (exact) mass is 228 g/mol. The summed E-state index contributed by atoms with van der Waals surface area (Å²) in [6, 6.07) is 2.64. The molecule has 1 atom stereocenters. The van der Waals surface area contributed by atoms with E-state index in [2.05, 4.69) is 21.7 Å². The van der Waals surface area contributed by atoms with Crippen LogP contribution in [0.25, 0.3) is 0 Å². The summed E-state index contributed by atoms with van der Waals surface area (Å²) in [5.74, 6) is 2.50. The third-order valence-corrected chi connectivity index (χ3v) is 4.28. The molecule has 0 radical (unpaired) electrons. The molecular formula is C10H16N2S2. The maximum absolute atomic E-state index is 5.85. The molecule has 0 saturated carbocycles. The summed E-state index contributed by atoms with van der Waals surface area (Å²) in [4.78, 5) is 2.51. The van der Waals surface area contributed by atoms with E-state index in [4.69, 9.17) is 5.73 Å². The van der Waals surface area contributed by atoms with Crippen LogP contribution < -0.4 is 5.73 Å². The molecule has 2 rings (SSSR count). The molecule has 0 amide bonds. The van der Waals surface area contributed by atoms with Crippen molar-refractivity contribution in [3.63, 3.8) is 0 Å². The summed E-state index contributed by atoms with van der Waals surface area (Å²) in [5.41, 5.74) is 7.24. The van der Waals surface area contributed by atoms with E-state index in [-0.39, 0.29) is 0 Å². The van der Waals surface area contributed by atoms with E-state index >= 15 is 0 Å². The lowest BCUT2D eigenvalue weighted by atomic mass is 10.1. The Bertz CT molecular complexity index is 255. The van der Waals surface area contributed by atoms with Gasteiger partial charge in [-0.3, -0.25) is 4.90 Å². The fraction of sp³-hybridized carbons (Fsp3) is 0.600. The number of thioether (sulfide) groups is 1. The van der Waals surface area contributed by atoms with Crippen LogP contribution in [0.5, 0.6) is 0 Å². The Morgan fingerprint density at radius 1 is 1.43 bits per heavy atom. The first-order valence-electron chi connectivity index (χ1n) is 4.96. The zero-order valence-electron chi connectivity index (χ0n) is 8.19. The highest BCUT2D eigenvalue weighted by molar-refractivity contribution is 7.99. The van der Waals surface area contributed by atoms with E-state index in [1.807, 2.05) is 11.8 Å². The van der Waals surface area contributed by atoms with Gasteiger partial charge in [-0.2, -0.15) is 23.1 Å². The Morgan fingerprint density at radius 2 is 2.21 bits per heavy atom. The van der Waals surface area contributed by atoms with Crippen LogP contribution in [-0.2, 0) is 0 Å². The van der Waals surface area contributed by atoms with Gasteiger partial charge in [0.2, 0.25) is 0 Å². The van der Waals surface area contributed by atoms with Crippen LogP contribution >= 0.6 is 23.1 Å². The van der Waals surface area contributed by atoms with Crippen molar-refractivity contribution >= 4 is 23.1 Å². The molecule has 1 saturated heterocycles. The molecule has 1 aliphatic heterocycles. The van der Waals surface area contributed by atoms with Crippen molar-refractivity contribution in [1.29, 1.82) is 0 Å². The maximum atomic E-state index is 5.85. The van der Waals surface area contributed by atoms with E-state index in [0.29, 0.717) is 6.04 Å². The minimum atomic E-state index is 0.446. The highest BCUT2D eigenvalue weighted by atomic mass is 32.2. The Hall–Kier alpha value is -0.0300. The van der Waals surface area contributed by atoms with E-state index in [9.17, 15) is 0 Å². The van der Waals surface area contributed by atoms with Crippen molar-refractivity contribution in [3.05, 3.63) is 22.4 Å². The minimum Gasteiger partial charge on any atom is -0.329 e. The number of nitrogens with two attached hydrogens (primary N) is 1. The van der Waals surface area contributed by atoms with Gasteiger partial charge in [0.05, 0.1) is 0 Å². The van der Waals surface area contributed by atoms with Gasteiger partial charge >= 0.3 is 0 Å². The number of rotatable bonds is 3. The van der Waals surface area contributed by atoms with Gasteiger partial charge in [-0.15, -0.1) is 0 Å². The van der Waals surface area contributed by atoms with Gasteiger partial charge in [0.1, 0.15) is 0 Å². The van der Waals surface area contributed by atoms with E-state index < -0.39 is 0 Å². The molecule has 1 aromatic heterocycles. The highest BCUT2D eigenvalue weighted by Crippen LogP contribution is 2.24. The first kappa shape index (κ1) is 10.5. The smallest absolute Gasteiger partial charge is 0.0479 e. The summed E-state index contributed by atoms with van der Waals surface area (Å²) in [6.45, 7) is 3.10. The van der Waals surface area contributed by atoms with E-state index in [1.165, 1.54) is 30.2 Å². The summed E-state index contributed by atoms with van der Waals surface area (Å²) in [6.07, 6.45) is 0. The molecule has 0 aliphatic carbocycles. The molecule has 2 nitrogen and oxygen atoms in total. The first-order valence-corrected chi connectivity index (χ1v) is 7.05. The molecule has 0 spiro atoms. The number of hydrogen-bond donors (Lipinski definition) is 1. The lowest BCUT2D eigenvalue weighted by Gasteiger charge is -2.33. The largest absolute Gasteiger partial charge is 0.329 e. The van der Waals surface area contributed by atoms with Crippen LogP contribution in [0, 0.1) is 0 Å². The summed E-state index contributed by atoms with van der Waals surface area (Å²) in [5, 5.41) is 4.36. The molecule has 0 bridgehead atoms. The molecule has 2 heterocycles. The average molecular weight is 228 g/mol. The van der Waals surface area contributed by atoms with Gasteiger partial charge in [-0.1, -0.05) is 0 Å². The summed E-state index contributed by atoms with van der Waals surface area (Å²) < 4.78 is 0. The summed E-state index contributed by atoms with van der Waals surface area (Å²) in [7, 11) is 0. The summed E-state index contributed by atoms with van der Waals surface area (Å²) >= 11 is 3.80. The molecule has 1 aliphatic rings. The van der Waals surface area contributed by atoms with Crippen LogP contribution in [0.2, 0.25) is 0 Å². The predicted molar refractivity (Wildman–Crippen MR) is 65.0 cm³/mol. The fourth-order valence-corrected chi connectivity index (χ4v) is 3.49. The van der Waals surface area contributed by atoms with Crippen molar-refractivity contribution < 1.29 is 0 Å². The highest BCUT2D eigenvalue weighted by Gasteiger charge is 2.20. The molecule has 2 N–H and O–H groups in total. The molecule has 78 valence electrons. The normalized spacial score (nSPS) is 20.9. The second-order valence-corrected chi connectivity index (χ2v) is 5.46. The maximum Gasteiger partial charge on any atom is 0.0479 e. The number of thiophene rings is 1. The lowest BCUT2D eigenvalue weighted by Crippen LogP contribution is -2.39. The van der Waals surface area contributed by atoms with Gasteiger partial charge in [-0.25, -0.2) is 0 Å². The molecule has 1 unspecified atom stereocenters. The van der Waals surface area contributed by atoms with Crippen LogP contribution in [-0.4, -0.2) is 36.0 Å². The van der Waals surface area contributed by atoms with Gasteiger partial charge in [-0.05, 0) is 22.4 Å². The number of hydrogen-bond acceptors (Lipinski definition) is 4. The minimum absolute atomic E-state index is 0.446. The van der Waals surface area contributed by atoms with Gasteiger partial charge in [0.15, 0.2) is 0 Å². The Labute approximate surface area is 93.5 Å². The van der Waals surface area contributed by atoms with Crippen molar-refractivity contribution in [2.24, 2.45) is 5.73 Å². The van der Waals surface area contributed by atoms with Crippen LogP contribution in [0.4, 0.5) is 0 Å². The SMILES string of the molecule is NCC(c1ccsc1)N1CCSCC1. The van der Waals surface area contributed by atoms with E-state index in [0.717, 1.165) is 6.54 Å². The van der Waals surface area contributed by atoms with Crippen LogP contribution in [0.1, 0.15) is 11.6 Å². The lowest BCUT2D eigenvalue weighted by molar-refractivity contribution is 0.223. The van der Waals surface area contributed by atoms with Crippen LogP contribution in [0.3, 0.4) is 0 Å². The second-order valence-electron chi connectivity index (χ2n) is 3.46. The Balaban J connectivity index is 2.04. The zero-order valence-corrected chi connectivity index (χ0v) is 9.82. The van der Waals surface area contributed by atoms with Gasteiger partial charge in [0.25, 0.3) is 0 Å². The molecular weight excluding hydrogens is 212 g/mol. The Morgan fingerprint density at radius 3 is 2.79 bits per heavy atom. The third kappa shape index (κ3) is 2.31. The zero-order chi connectivity index (χ0) is 9.80. The van der Waals surface area contributed by atoms with E-state index in [1.54, 1.807) is 11.3 Å². The van der Waals surface area contributed by atoms with Crippen LogP contribution in [0.15, 0.2) is 16.8 Å². The van der Waals surface area contributed by atoms with Crippen molar-refractivity contribution in [3.8, 4) is 0 Å². The van der Waals surface area contributed by atoms with Gasteiger partial charge < -0.3 is 5.73 Å². The third-order valence-electron chi connectivity index (χ3n) is 2.64. The quantitative estimate of drug-likeness (QED) is 0.855. The predicted octanol–water partition coefficient (Wildman–Crippen LogP) is 1.80. The number of nitrogens with zero attached hydrogens (tertiary/aromatic N) is 1. The molecule has 1 aromatic rings. The standard InChI is InChI=1S/C10H16N2S2/c11-7-10(9-1-4-14-8-9)12-2-5-13-6-3-12/h1,4,8,10H,2-3,5-7,11H2. The molecule has 1 fully saturated rings. The molecule has 0 aromatic carbocycles. The van der Waals surface area contributed by atoms with Gasteiger partial charge in [0, 0.05) is 37.2 Å². The van der Waals surface area contributed by atoms with Crippen molar-refractivity contribution in [2.45, 2.75) is 6.04 Å². The molecule has 14 heavy (non-hydrogen) atoms. The fourth-order valence-electron chi connectivity index (χ4n) is 1.85. The van der Waals surface area contributed by atoms with Crippen molar-refractivity contribution in [2.75, 3.05) is 31.1 Å². The topological polar surface area (TPSA) is 29.3 Å². The second kappa shape index (κ2) is 5.16. The average Bonchev–Trinajstić information content (AvgIpc) is 2.74. The van der Waals surface area contributed by atoms with Crippen molar-refractivity contribution in [1.82, 2.24) is 4.90 Å².